The molecule has 1 N–H and O–H groups in total. The Morgan fingerprint density at radius 2 is 1.80 bits per heavy atom. The Morgan fingerprint density at radius 3 is 2.30 bits per heavy atom. The number of halogens is 2. The Hall–Kier alpha value is 0.545. The van der Waals surface area contributed by atoms with Crippen LogP contribution in [0.25, 0.3) is 0 Å². The van der Waals surface area contributed by atoms with Gasteiger partial charge >= 0.3 is 5.27 Å². The lowest BCUT2D eigenvalue weighted by Crippen LogP contribution is -1.96. The number of anilines is 1. The van der Waals surface area contributed by atoms with E-state index in [-0.39, 0.29) is 0 Å². The molecule has 0 aliphatic heterocycles. The molecule has 1 rings (SSSR count). The van der Waals surface area contributed by atoms with E-state index in [9.17, 15) is 0 Å². The van der Waals surface area contributed by atoms with Gasteiger partial charge in [0.1, 0.15) is 0 Å². The van der Waals surface area contributed by atoms with E-state index < -0.39 is 0 Å². The molecule has 0 radical (unpaired) electrons. The van der Waals surface area contributed by atoms with Gasteiger partial charge < -0.3 is 5.23 Å². The molecule has 0 aromatic heterocycles. The molecule has 0 bridgehead atoms. The maximum Gasteiger partial charge on any atom is 0.307 e. The predicted molar refractivity (Wildman–Crippen MR) is 64.0 cm³/mol. The predicted octanol–water partition coefficient (Wildman–Crippen LogP) is 2.40. The first-order chi connectivity index (χ1) is 4.83. The van der Waals surface area contributed by atoms with Gasteiger partial charge in [0, 0.05) is 9.26 Å². The lowest BCUT2D eigenvalue weighted by molar-refractivity contribution is 1.63. The van der Waals surface area contributed by atoms with Crippen LogP contribution in [0.15, 0.2) is 24.3 Å². The molecular formula is C6H6BI2N. The molecule has 0 unspecified atom stereocenters. The van der Waals surface area contributed by atoms with Crippen molar-refractivity contribution in [1.29, 1.82) is 0 Å². The third-order valence-electron chi connectivity index (χ3n) is 1.12. The fourth-order valence-electron chi connectivity index (χ4n) is 0.645. The van der Waals surface area contributed by atoms with E-state index in [1.165, 1.54) is 9.26 Å². The van der Waals surface area contributed by atoms with Crippen LogP contribution in [0.2, 0.25) is 0 Å². The van der Waals surface area contributed by atoms with Gasteiger partial charge in [0.15, 0.2) is 0 Å². The van der Waals surface area contributed by atoms with Crippen molar-refractivity contribution in [2.75, 3.05) is 5.23 Å². The molecule has 1 nitrogen and oxygen atoms in total. The van der Waals surface area contributed by atoms with Gasteiger partial charge in [0.2, 0.25) is 0 Å². The molecule has 0 fully saturated rings. The van der Waals surface area contributed by atoms with Gasteiger partial charge in [-0.05, 0) is 46.9 Å². The van der Waals surface area contributed by atoms with Crippen molar-refractivity contribution in [2.24, 2.45) is 0 Å². The maximum absolute atomic E-state index is 3.22. The highest BCUT2D eigenvalue weighted by Gasteiger charge is 1.88. The van der Waals surface area contributed by atoms with E-state index in [0.717, 1.165) is 5.27 Å². The van der Waals surface area contributed by atoms with Gasteiger partial charge in [-0.25, -0.2) is 0 Å². The summed E-state index contributed by atoms with van der Waals surface area (Å²) in [5, 5.41) is 4.17. The summed E-state index contributed by atoms with van der Waals surface area (Å²) in [5.74, 6) is 0. The fraction of sp³-hybridized carbons (Fsp3) is 0. The van der Waals surface area contributed by atoms with Crippen LogP contribution in [0, 0.1) is 3.57 Å². The molecule has 0 spiro atoms. The van der Waals surface area contributed by atoms with Crippen molar-refractivity contribution in [3.8, 4) is 0 Å². The zero-order valence-corrected chi connectivity index (χ0v) is 9.59. The van der Waals surface area contributed by atoms with E-state index in [2.05, 4.69) is 74.5 Å². The van der Waals surface area contributed by atoms with Gasteiger partial charge in [-0.2, -0.15) is 0 Å². The zero-order valence-electron chi connectivity index (χ0n) is 5.27. The van der Waals surface area contributed by atoms with Crippen LogP contribution in [-0.2, 0) is 0 Å². The summed E-state index contributed by atoms with van der Waals surface area (Å²) in [5.41, 5.74) is 1.19. The molecule has 0 saturated carbocycles. The number of benzene rings is 1. The van der Waals surface area contributed by atoms with Crippen LogP contribution in [0.3, 0.4) is 0 Å². The van der Waals surface area contributed by atoms with Gasteiger partial charge in [0.25, 0.3) is 0 Å². The standard InChI is InChI=1S/C6H6BI2N/c8-5-1-3-6(4-2-5)10-7-9/h1-4,7,10H. The second-order valence-electron chi connectivity index (χ2n) is 1.82. The number of nitrogens with one attached hydrogen (secondary N) is 1. The van der Waals surface area contributed by atoms with E-state index in [0.29, 0.717) is 0 Å². The summed E-state index contributed by atoms with van der Waals surface area (Å²) in [6.07, 6.45) is 0. The molecule has 4 heteroatoms. The quantitative estimate of drug-likeness (QED) is 0.634. The van der Waals surface area contributed by atoms with Crippen LogP contribution in [0.4, 0.5) is 5.69 Å². The molecule has 0 aliphatic rings. The molecule has 0 amide bonds. The number of hydrogen-bond donors (Lipinski definition) is 1. The maximum atomic E-state index is 3.22. The second-order valence-corrected chi connectivity index (χ2v) is 3.83. The van der Waals surface area contributed by atoms with Crippen molar-refractivity contribution < 1.29 is 0 Å². The Morgan fingerprint density at radius 1 is 1.20 bits per heavy atom. The van der Waals surface area contributed by atoms with Gasteiger partial charge in [-0.3, -0.25) is 0 Å². The first-order valence-corrected chi connectivity index (χ1v) is 5.49. The average molecular weight is 357 g/mol. The topological polar surface area (TPSA) is 12.0 Å². The Labute approximate surface area is 88.2 Å². The minimum atomic E-state index is 0.957. The molecule has 52 valence electrons. The highest BCUT2D eigenvalue weighted by molar-refractivity contribution is 14.1. The molecule has 0 saturated heterocycles. The van der Waals surface area contributed by atoms with Gasteiger partial charge in [0.05, 0.1) is 0 Å². The molecule has 0 aliphatic carbocycles. The van der Waals surface area contributed by atoms with Crippen LogP contribution in [0.1, 0.15) is 0 Å². The molecule has 1 aromatic carbocycles. The van der Waals surface area contributed by atoms with E-state index in [4.69, 9.17) is 0 Å². The lowest BCUT2D eigenvalue weighted by atomic mass is 10.3. The van der Waals surface area contributed by atoms with Crippen molar-refractivity contribution in [1.82, 2.24) is 0 Å². The zero-order chi connectivity index (χ0) is 7.40. The number of hydrogen-bond acceptors (Lipinski definition) is 1. The van der Waals surface area contributed by atoms with E-state index in [1.54, 1.807) is 0 Å². The summed E-state index contributed by atoms with van der Waals surface area (Å²) in [4.78, 5) is 0. The normalized spacial score (nSPS) is 9.00. The van der Waals surface area contributed by atoms with Crippen LogP contribution in [-0.4, -0.2) is 5.27 Å². The van der Waals surface area contributed by atoms with Gasteiger partial charge in [-0.1, -0.05) is 0 Å². The molecular weight excluding hydrogens is 351 g/mol. The minimum absolute atomic E-state index is 0.957. The average Bonchev–Trinajstić information content (AvgIpc) is 1.95. The highest BCUT2D eigenvalue weighted by atomic mass is 127. The van der Waals surface area contributed by atoms with Crippen LogP contribution < -0.4 is 5.23 Å². The largest absolute Gasteiger partial charge is 0.422 e. The fourth-order valence-corrected chi connectivity index (χ4v) is 1.44. The smallest absolute Gasteiger partial charge is 0.307 e. The third-order valence-corrected chi connectivity index (χ3v) is 2.22. The lowest BCUT2D eigenvalue weighted by Gasteiger charge is -1.99. The second kappa shape index (κ2) is 4.43. The Bertz CT molecular complexity index is 199. The minimum Gasteiger partial charge on any atom is -0.422 e. The highest BCUT2D eigenvalue weighted by Crippen LogP contribution is 2.10. The molecule has 10 heavy (non-hydrogen) atoms. The first-order valence-electron chi connectivity index (χ1n) is 2.88. The first kappa shape index (κ1) is 8.64. The number of rotatable bonds is 2. The Kier molecular flexibility index (Phi) is 3.83. The molecule has 1 aromatic rings. The molecule has 0 heterocycles. The summed E-state index contributed by atoms with van der Waals surface area (Å²) in [6.45, 7) is 0. The van der Waals surface area contributed by atoms with E-state index >= 15 is 0 Å². The Balaban J connectivity index is 2.69. The van der Waals surface area contributed by atoms with Crippen molar-refractivity contribution in [3.63, 3.8) is 0 Å². The summed E-state index contributed by atoms with van der Waals surface area (Å²) in [6, 6.07) is 8.35. The summed E-state index contributed by atoms with van der Waals surface area (Å²) < 4.78 is 1.27. The van der Waals surface area contributed by atoms with Crippen molar-refractivity contribution in [2.45, 2.75) is 0 Å². The SMILES string of the molecule is IBNc1ccc(I)cc1. The van der Waals surface area contributed by atoms with Crippen molar-refractivity contribution >= 4 is 55.9 Å². The molecule has 0 atom stereocenters. The van der Waals surface area contributed by atoms with Crippen LogP contribution in [0.5, 0.6) is 0 Å². The summed E-state index contributed by atoms with van der Waals surface area (Å²) in [7, 11) is 0. The monoisotopic (exact) mass is 357 g/mol. The van der Waals surface area contributed by atoms with Gasteiger partial charge in [-0.15, -0.1) is 22.4 Å². The van der Waals surface area contributed by atoms with E-state index in [1.807, 2.05) is 0 Å². The van der Waals surface area contributed by atoms with Crippen molar-refractivity contribution in [3.05, 3.63) is 27.8 Å². The summed E-state index contributed by atoms with van der Waals surface area (Å²) >= 11 is 4.58. The third kappa shape index (κ3) is 2.65. The van der Waals surface area contributed by atoms with Crippen LogP contribution >= 0.6 is 45.0 Å².